The number of hydrogen-bond acceptors (Lipinski definition) is 8. The van der Waals surface area contributed by atoms with Gasteiger partial charge in [0.15, 0.2) is 0 Å². The number of aromatic hydroxyl groups is 1. The monoisotopic (exact) mass is 517 g/mol. The van der Waals surface area contributed by atoms with Gasteiger partial charge in [-0.1, -0.05) is 18.6 Å². The molecule has 0 aliphatic carbocycles. The average molecular weight is 518 g/mol. The lowest BCUT2D eigenvalue weighted by Gasteiger charge is -2.23. The quantitative estimate of drug-likeness (QED) is 0.134. The fourth-order valence-electron chi connectivity index (χ4n) is 3.49. The third-order valence-electron chi connectivity index (χ3n) is 5.66. The van der Waals surface area contributed by atoms with Crippen LogP contribution in [0.4, 0.5) is 0 Å². The van der Waals surface area contributed by atoms with Crippen molar-refractivity contribution in [3.63, 3.8) is 0 Å². The molecule has 1 heterocycles. The number of carbonyl (C=O) groups excluding carboxylic acids is 3. The fraction of sp³-hybridized carbons (Fsp3) is 0.458. The number of carboxylic acid groups (broad SMARTS) is 1. The third-order valence-corrected chi connectivity index (χ3v) is 5.66. The summed E-state index contributed by atoms with van der Waals surface area (Å²) in [5.74, 6) is -3.10. The lowest BCUT2D eigenvalue weighted by Crippen LogP contribution is -2.57. The maximum Gasteiger partial charge on any atom is 0.326 e. The highest BCUT2D eigenvalue weighted by Gasteiger charge is 2.28. The molecule has 4 unspecified atom stereocenters. The molecular formula is C24H35N7O6. The lowest BCUT2D eigenvalue weighted by atomic mass is 10.0. The summed E-state index contributed by atoms with van der Waals surface area (Å²) in [6, 6.07) is 1.84. The smallest absolute Gasteiger partial charge is 0.326 e. The zero-order valence-electron chi connectivity index (χ0n) is 20.6. The van der Waals surface area contributed by atoms with E-state index in [2.05, 4.69) is 25.9 Å². The first-order valence-corrected chi connectivity index (χ1v) is 12.0. The van der Waals surface area contributed by atoms with E-state index in [1.165, 1.54) is 31.6 Å². The number of carboxylic acids is 1. The lowest BCUT2D eigenvalue weighted by molar-refractivity contribution is -0.142. The zero-order chi connectivity index (χ0) is 27.4. The number of carbonyl (C=O) groups is 4. The number of H-pyrrole nitrogens is 1. The molecule has 0 saturated carbocycles. The molecule has 0 fully saturated rings. The number of aromatic nitrogens is 2. The van der Waals surface area contributed by atoms with Gasteiger partial charge < -0.3 is 42.6 Å². The Morgan fingerprint density at radius 3 is 2.24 bits per heavy atom. The van der Waals surface area contributed by atoms with Gasteiger partial charge in [-0.3, -0.25) is 14.4 Å². The maximum absolute atomic E-state index is 13.1. The van der Waals surface area contributed by atoms with Gasteiger partial charge >= 0.3 is 5.97 Å². The van der Waals surface area contributed by atoms with Crippen LogP contribution in [0.2, 0.25) is 0 Å². The predicted octanol–water partition coefficient (Wildman–Crippen LogP) is -1.08. The number of hydrogen-bond donors (Lipinski definition) is 8. The van der Waals surface area contributed by atoms with Crippen LogP contribution in [0.5, 0.6) is 5.75 Å². The Hall–Kier alpha value is -3.97. The molecule has 37 heavy (non-hydrogen) atoms. The highest BCUT2D eigenvalue weighted by atomic mass is 16.4. The van der Waals surface area contributed by atoms with Crippen LogP contribution in [0.3, 0.4) is 0 Å². The predicted molar refractivity (Wildman–Crippen MR) is 134 cm³/mol. The largest absolute Gasteiger partial charge is 0.508 e. The zero-order valence-corrected chi connectivity index (χ0v) is 20.6. The maximum atomic E-state index is 13.1. The number of nitrogens with two attached hydrogens (primary N) is 2. The molecule has 0 saturated heterocycles. The van der Waals surface area contributed by atoms with Gasteiger partial charge in [-0.05, 0) is 44.0 Å². The summed E-state index contributed by atoms with van der Waals surface area (Å²) in [6.45, 7) is 1.88. The molecule has 0 aliphatic heterocycles. The van der Waals surface area contributed by atoms with E-state index in [0.717, 1.165) is 0 Å². The molecular weight excluding hydrogens is 482 g/mol. The molecule has 2 aromatic rings. The number of imidazole rings is 1. The Bertz CT molecular complexity index is 1030. The van der Waals surface area contributed by atoms with Crippen molar-refractivity contribution in [1.82, 2.24) is 25.9 Å². The van der Waals surface area contributed by atoms with Gasteiger partial charge in [0.2, 0.25) is 17.7 Å². The minimum absolute atomic E-state index is 0.0245. The molecule has 202 valence electrons. The van der Waals surface area contributed by atoms with Crippen LogP contribution >= 0.6 is 0 Å². The summed E-state index contributed by atoms with van der Waals surface area (Å²) in [5, 5.41) is 26.5. The van der Waals surface area contributed by atoms with Gasteiger partial charge in [0, 0.05) is 24.7 Å². The molecule has 0 radical (unpaired) electrons. The van der Waals surface area contributed by atoms with Crippen LogP contribution in [-0.2, 0) is 32.0 Å². The summed E-state index contributed by atoms with van der Waals surface area (Å²) in [6.07, 6.45) is 4.64. The Labute approximate surface area is 214 Å². The SMILES string of the molecule is CC(NC(=O)C(Cc1ccc(O)cc1)NC(=O)C(N)CCCCN)C(=O)NC(Cc1cnc[nH]1)C(=O)O. The van der Waals surface area contributed by atoms with E-state index in [1.807, 2.05) is 0 Å². The van der Waals surface area contributed by atoms with Crippen molar-refractivity contribution in [3.8, 4) is 5.75 Å². The summed E-state index contributed by atoms with van der Waals surface area (Å²) >= 11 is 0. The number of phenols is 1. The van der Waals surface area contributed by atoms with E-state index < -0.39 is 47.9 Å². The number of rotatable bonds is 15. The van der Waals surface area contributed by atoms with Crippen LogP contribution < -0.4 is 27.4 Å². The normalized spacial score (nSPS) is 14.1. The molecule has 0 aliphatic rings. The Morgan fingerprint density at radius 1 is 0.973 bits per heavy atom. The minimum atomic E-state index is -1.25. The molecule has 10 N–H and O–H groups in total. The number of unbranched alkanes of at least 4 members (excludes halogenated alkanes) is 1. The van der Waals surface area contributed by atoms with E-state index in [4.69, 9.17) is 11.5 Å². The number of aromatic amines is 1. The molecule has 4 atom stereocenters. The van der Waals surface area contributed by atoms with Gasteiger partial charge in [-0.25, -0.2) is 9.78 Å². The topological polar surface area (TPSA) is 226 Å². The molecule has 0 bridgehead atoms. The summed E-state index contributed by atoms with van der Waals surface area (Å²) in [5.41, 5.74) is 12.6. The minimum Gasteiger partial charge on any atom is -0.508 e. The van der Waals surface area contributed by atoms with E-state index in [9.17, 15) is 29.4 Å². The standard InChI is InChI=1S/C24H35N7O6/c1-14(21(33)31-20(24(36)37)11-16-12-27-13-28-16)29-23(35)19(10-15-5-7-17(32)8-6-15)30-22(34)18(26)4-2-3-9-25/h5-8,12-14,18-20,32H,2-4,9-11,25-26H2,1H3,(H,27,28)(H,29,35)(H,30,34)(H,31,33)(H,36,37). The summed E-state index contributed by atoms with van der Waals surface area (Å²) < 4.78 is 0. The molecule has 1 aromatic carbocycles. The summed E-state index contributed by atoms with van der Waals surface area (Å²) in [4.78, 5) is 56.6. The number of amides is 3. The van der Waals surface area contributed by atoms with Crippen molar-refractivity contribution in [1.29, 1.82) is 0 Å². The van der Waals surface area contributed by atoms with E-state index >= 15 is 0 Å². The molecule has 2 rings (SSSR count). The molecule has 13 heteroatoms. The molecule has 1 aromatic heterocycles. The number of aliphatic carboxylic acids is 1. The van der Waals surface area contributed by atoms with Gasteiger partial charge in [0.05, 0.1) is 12.4 Å². The van der Waals surface area contributed by atoms with Crippen LogP contribution in [0, 0.1) is 0 Å². The van der Waals surface area contributed by atoms with Crippen LogP contribution in [0.1, 0.15) is 37.4 Å². The van der Waals surface area contributed by atoms with Crippen LogP contribution in [0.15, 0.2) is 36.8 Å². The Kier molecular flexibility index (Phi) is 11.5. The average Bonchev–Trinajstić information content (AvgIpc) is 3.37. The molecule has 0 spiro atoms. The van der Waals surface area contributed by atoms with Crippen molar-refractivity contribution >= 4 is 23.7 Å². The number of nitrogens with one attached hydrogen (secondary N) is 4. The van der Waals surface area contributed by atoms with Crippen molar-refractivity contribution in [2.45, 2.75) is 63.2 Å². The van der Waals surface area contributed by atoms with Crippen molar-refractivity contribution in [3.05, 3.63) is 48.0 Å². The summed E-state index contributed by atoms with van der Waals surface area (Å²) in [7, 11) is 0. The molecule has 3 amide bonds. The van der Waals surface area contributed by atoms with Crippen molar-refractivity contribution in [2.24, 2.45) is 11.5 Å². The highest BCUT2D eigenvalue weighted by molar-refractivity contribution is 5.94. The Morgan fingerprint density at radius 2 is 1.65 bits per heavy atom. The van der Waals surface area contributed by atoms with Crippen LogP contribution in [0.25, 0.3) is 0 Å². The van der Waals surface area contributed by atoms with Gasteiger partial charge in [0.1, 0.15) is 23.9 Å². The number of phenolic OH excluding ortho intramolecular Hbond substituents is 1. The second kappa shape index (κ2) is 14.6. The fourth-order valence-corrected chi connectivity index (χ4v) is 3.49. The number of benzene rings is 1. The van der Waals surface area contributed by atoms with Crippen molar-refractivity contribution < 1.29 is 29.4 Å². The van der Waals surface area contributed by atoms with E-state index in [0.29, 0.717) is 37.1 Å². The molecule has 13 nitrogen and oxygen atoms in total. The van der Waals surface area contributed by atoms with Crippen LogP contribution in [-0.4, -0.2) is 74.6 Å². The highest BCUT2D eigenvalue weighted by Crippen LogP contribution is 2.12. The van der Waals surface area contributed by atoms with Gasteiger partial charge in [-0.15, -0.1) is 0 Å². The first-order chi connectivity index (χ1) is 17.6. The first kappa shape index (κ1) is 29.3. The number of nitrogens with zero attached hydrogens (tertiary/aromatic N) is 1. The van der Waals surface area contributed by atoms with E-state index in [-0.39, 0.29) is 18.6 Å². The first-order valence-electron chi connectivity index (χ1n) is 12.0. The van der Waals surface area contributed by atoms with Gasteiger partial charge in [-0.2, -0.15) is 0 Å². The second-order valence-electron chi connectivity index (χ2n) is 8.73. The Balaban J connectivity index is 2.06. The third kappa shape index (κ3) is 9.89. The second-order valence-corrected chi connectivity index (χ2v) is 8.73. The van der Waals surface area contributed by atoms with Crippen molar-refractivity contribution in [2.75, 3.05) is 6.54 Å². The van der Waals surface area contributed by atoms with E-state index in [1.54, 1.807) is 12.1 Å². The van der Waals surface area contributed by atoms with Gasteiger partial charge in [0.25, 0.3) is 0 Å².